The van der Waals surface area contributed by atoms with Gasteiger partial charge < -0.3 is 5.32 Å². The molecule has 0 amide bonds. The van der Waals surface area contributed by atoms with E-state index in [0.717, 1.165) is 24.0 Å². The van der Waals surface area contributed by atoms with Gasteiger partial charge >= 0.3 is 0 Å². The van der Waals surface area contributed by atoms with Gasteiger partial charge in [-0.25, -0.2) is 13.1 Å². The van der Waals surface area contributed by atoms with Gasteiger partial charge in [-0.15, -0.1) is 0 Å². The van der Waals surface area contributed by atoms with E-state index < -0.39 is 10.0 Å². The fourth-order valence-corrected chi connectivity index (χ4v) is 4.06. The quantitative estimate of drug-likeness (QED) is 0.849. The SMILES string of the molecule is CNCc1cc(S(=O)(=O)NCC2CCCCC2)ccc1C. The Kier molecular flexibility index (Phi) is 5.79. The minimum Gasteiger partial charge on any atom is -0.316 e. The first-order valence-electron chi connectivity index (χ1n) is 7.77. The fraction of sp³-hybridized carbons (Fsp3) is 0.625. The summed E-state index contributed by atoms with van der Waals surface area (Å²) in [6, 6.07) is 5.34. The van der Waals surface area contributed by atoms with Gasteiger partial charge in [0, 0.05) is 13.1 Å². The third kappa shape index (κ3) is 4.53. The molecule has 0 heterocycles. The number of hydrogen-bond acceptors (Lipinski definition) is 3. The lowest BCUT2D eigenvalue weighted by Gasteiger charge is -2.21. The van der Waals surface area contributed by atoms with Gasteiger partial charge in [0.25, 0.3) is 0 Å². The number of rotatable bonds is 6. The first-order chi connectivity index (χ1) is 10.0. The first kappa shape index (κ1) is 16.5. The number of sulfonamides is 1. The molecule has 1 fully saturated rings. The zero-order valence-electron chi connectivity index (χ0n) is 13.0. The second kappa shape index (κ2) is 7.38. The molecule has 0 aromatic heterocycles. The zero-order valence-corrected chi connectivity index (χ0v) is 13.8. The van der Waals surface area contributed by atoms with Crippen molar-refractivity contribution in [2.24, 2.45) is 5.92 Å². The summed E-state index contributed by atoms with van der Waals surface area (Å²) in [5, 5.41) is 3.07. The molecule has 0 saturated heterocycles. The third-order valence-electron chi connectivity index (χ3n) is 4.28. The highest BCUT2D eigenvalue weighted by Gasteiger charge is 2.19. The summed E-state index contributed by atoms with van der Waals surface area (Å²) in [5.74, 6) is 0.496. The summed E-state index contributed by atoms with van der Waals surface area (Å²) in [5.41, 5.74) is 2.13. The molecule has 118 valence electrons. The van der Waals surface area contributed by atoms with Crippen LogP contribution in [0.1, 0.15) is 43.2 Å². The Labute approximate surface area is 128 Å². The van der Waals surface area contributed by atoms with Crippen LogP contribution in [0.15, 0.2) is 23.1 Å². The normalized spacial score (nSPS) is 17.0. The molecule has 5 heteroatoms. The first-order valence-corrected chi connectivity index (χ1v) is 9.25. The Morgan fingerprint density at radius 3 is 2.57 bits per heavy atom. The van der Waals surface area contributed by atoms with Crippen molar-refractivity contribution in [3.63, 3.8) is 0 Å². The van der Waals surface area contributed by atoms with Crippen molar-refractivity contribution in [1.82, 2.24) is 10.0 Å². The molecule has 2 N–H and O–H groups in total. The van der Waals surface area contributed by atoms with Crippen molar-refractivity contribution in [2.75, 3.05) is 13.6 Å². The molecule has 2 rings (SSSR count). The Balaban J connectivity index is 2.06. The second-order valence-corrected chi connectivity index (χ2v) is 7.74. The van der Waals surface area contributed by atoms with E-state index in [-0.39, 0.29) is 0 Å². The molecule has 0 bridgehead atoms. The largest absolute Gasteiger partial charge is 0.316 e. The van der Waals surface area contributed by atoms with Crippen molar-refractivity contribution in [2.45, 2.75) is 50.5 Å². The van der Waals surface area contributed by atoms with Gasteiger partial charge in [-0.05, 0) is 56.0 Å². The molecular weight excluding hydrogens is 284 g/mol. The highest BCUT2D eigenvalue weighted by atomic mass is 32.2. The van der Waals surface area contributed by atoms with Crippen LogP contribution in [0.5, 0.6) is 0 Å². The topological polar surface area (TPSA) is 58.2 Å². The fourth-order valence-electron chi connectivity index (χ4n) is 2.90. The van der Waals surface area contributed by atoms with Crippen molar-refractivity contribution in [1.29, 1.82) is 0 Å². The Morgan fingerprint density at radius 2 is 1.90 bits per heavy atom. The molecule has 1 aliphatic rings. The van der Waals surface area contributed by atoms with E-state index in [9.17, 15) is 8.42 Å². The van der Waals surface area contributed by atoms with Gasteiger partial charge in [0.2, 0.25) is 10.0 Å². The van der Waals surface area contributed by atoms with Gasteiger partial charge in [-0.3, -0.25) is 0 Å². The molecule has 1 aliphatic carbocycles. The average Bonchev–Trinajstić information content (AvgIpc) is 2.49. The lowest BCUT2D eigenvalue weighted by Crippen LogP contribution is -2.30. The van der Waals surface area contributed by atoms with Gasteiger partial charge in [0.15, 0.2) is 0 Å². The lowest BCUT2D eigenvalue weighted by atomic mass is 9.90. The predicted molar refractivity (Wildman–Crippen MR) is 85.7 cm³/mol. The van der Waals surface area contributed by atoms with E-state index >= 15 is 0 Å². The van der Waals surface area contributed by atoms with E-state index in [2.05, 4.69) is 10.0 Å². The summed E-state index contributed by atoms with van der Waals surface area (Å²) in [6.45, 7) is 3.24. The average molecular weight is 310 g/mol. The zero-order chi connectivity index (χ0) is 15.3. The van der Waals surface area contributed by atoms with Crippen LogP contribution >= 0.6 is 0 Å². The summed E-state index contributed by atoms with van der Waals surface area (Å²) < 4.78 is 27.6. The van der Waals surface area contributed by atoms with Crippen LogP contribution in [0.4, 0.5) is 0 Å². The Bertz CT molecular complexity index is 564. The van der Waals surface area contributed by atoms with Gasteiger partial charge in [0.1, 0.15) is 0 Å². The van der Waals surface area contributed by atoms with Crippen LogP contribution < -0.4 is 10.0 Å². The molecule has 0 radical (unpaired) electrons. The minimum absolute atomic E-state index is 0.370. The number of benzene rings is 1. The van der Waals surface area contributed by atoms with E-state index in [1.165, 1.54) is 19.3 Å². The van der Waals surface area contributed by atoms with Gasteiger partial charge in [-0.1, -0.05) is 25.3 Å². The maximum absolute atomic E-state index is 12.4. The van der Waals surface area contributed by atoms with Crippen LogP contribution in [-0.2, 0) is 16.6 Å². The molecule has 0 atom stereocenters. The Morgan fingerprint density at radius 1 is 1.19 bits per heavy atom. The summed E-state index contributed by atoms with van der Waals surface area (Å²) in [6.07, 6.45) is 6.02. The van der Waals surface area contributed by atoms with Crippen molar-refractivity contribution < 1.29 is 8.42 Å². The van der Waals surface area contributed by atoms with Crippen LogP contribution in [-0.4, -0.2) is 22.0 Å². The van der Waals surface area contributed by atoms with Crippen LogP contribution in [0.25, 0.3) is 0 Å². The molecule has 0 aliphatic heterocycles. The molecule has 0 unspecified atom stereocenters. The monoisotopic (exact) mass is 310 g/mol. The van der Waals surface area contributed by atoms with Gasteiger partial charge in [-0.2, -0.15) is 0 Å². The highest BCUT2D eigenvalue weighted by Crippen LogP contribution is 2.23. The molecule has 21 heavy (non-hydrogen) atoms. The summed E-state index contributed by atoms with van der Waals surface area (Å²) in [4.78, 5) is 0.370. The highest BCUT2D eigenvalue weighted by molar-refractivity contribution is 7.89. The number of aryl methyl sites for hydroxylation is 1. The van der Waals surface area contributed by atoms with E-state index in [4.69, 9.17) is 0 Å². The third-order valence-corrected chi connectivity index (χ3v) is 5.71. The molecule has 1 aromatic carbocycles. The van der Waals surface area contributed by atoms with Crippen molar-refractivity contribution in [3.8, 4) is 0 Å². The second-order valence-electron chi connectivity index (χ2n) is 5.97. The molecule has 4 nitrogen and oxygen atoms in total. The molecule has 1 saturated carbocycles. The summed E-state index contributed by atoms with van der Waals surface area (Å²) >= 11 is 0. The van der Waals surface area contributed by atoms with E-state index in [0.29, 0.717) is 23.9 Å². The molecule has 1 aromatic rings. The minimum atomic E-state index is -3.40. The van der Waals surface area contributed by atoms with Crippen LogP contribution in [0.2, 0.25) is 0 Å². The van der Waals surface area contributed by atoms with Crippen molar-refractivity contribution >= 4 is 10.0 Å². The van der Waals surface area contributed by atoms with Gasteiger partial charge in [0.05, 0.1) is 4.90 Å². The van der Waals surface area contributed by atoms with E-state index in [1.54, 1.807) is 12.1 Å². The predicted octanol–water partition coefficient (Wildman–Crippen LogP) is 2.57. The lowest BCUT2D eigenvalue weighted by molar-refractivity contribution is 0.357. The van der Waals surface area contributed by atoms with Crippen molar-refractivity contribution in [3.05, 3.63) is 29.3 Å². The molecular formula is C16H26N2O2S. The Hall–Kier alpha value is -0.910. The van der Waals surface area contributed by atoms with Crippen LogP contribution in [0, 0.1) is 12.8 Å². The van der Waals surface area contributed by atoms with Crippen LogP contribution in [0.3, 0.4) is 0 Å². The standard InChI is InChI=1S/C16H26N2O2S/c1-13-8-9-16(10-15(13)12-17-2)21(19,20)18-11-14-6-4-3-5-7-14/h8-10,14,17-18H,3-7,11-12H2,1-2H3. The number of nitrogens with one attached hydrogen (secondary N) is 2. The number of hydrogen-bond donors (Lipinski definition) is 2. The maximum atomic E-state index is 12.4. The van der Waals surface area contributed by atoms with E-state index in [1.807, 2.05) is 20.0 Å². The smallest absolute Gasteiger partial charge is 0.240 e. The summed E-state index contributed by atoms with van der Waals surface area (Å²) in [7, 11) is -1.53. The maximum Gasteiger partial charge on any atom is 0.240 e. The molecule has 0 spiro atoms.